The lowest BCUT2D eigenvalue weighted by Gasteiger charge is -1.84. The van der Waals surface area contributed by atoms with E-state index in [1.54, 1.807) is 11.3 Å². The number of hydrogen-bond donors (Lipinski definition) is 1. The summed E-state index contributed by atoms with van der Waals surface area (Å²) in [5, 5.41) is 6.68. The maximum Gasteiger partial charge on any atom is 0.0573 e. The van der Waals surface area contributed by atoms with E-state index in [1.165, 1.54) is 15.3 Å². The van der Waals surface area contributed by atoms with Gasteiger partial charge >= 0.3 is 0 Å². The molecule has 0 spiro atoms. The highest BCUT2D eigenvalue weighted by atomic mass is 32.1. The zero-order chi connectivity index (χ0) is 7.68. The molecule has 11 heavy (non-hydrogen) atoms. The number of H-pyrrole nitrogens is 1. The van der Waals surface area contributed by atoms with Gasteiger partial charge in [-0.25, -0.2) is 0 Å². The van der Waals surface area contributed by atoms with Gasteiger partial charge in [0, 0.05) is 21.5 Å². The van der Waals surface area contributed by atoms with E-state index in [0.29, 0.717) is 0 Å². The molecule has 0 radical (unpaired) electrons. The molecule has 2 nitrogen and oxygen atoms in total. The lowest BCUT2D eigenvalue weighted by atomic mass is 10.3. The number of rotatable bonds is 1. The normalized spacial score (nSPS) is 10.3. The second-order valence-corrected chi connectivity index (χ2v) is 3.69. The van der Waals surface area contributed by atoms with E-state index >= 15 is 0 Å². The SMILES string of the molecule is Cc1ccc(-c2cn[nH]c2)s1. The molecule has 2 aromatic heterocycles. The van der Waals surface area contributed by atoms with Gasteiger partial charge in [-0.2, -0.15) is 5.10 Å². The van der Waals surface area contributed by atoms with Crippen LogP contribution in [0.4, 0.5) is 0 Å². The van der Waals surface area contributed by atoms with Crippen LogP contribution < -0.4 is 0 Å². The van der Waals surface area contributed by atoms with Gasteiger partial charge in [-0.3, -0.25) is 5.10 Å². The number of thiophene rings is 1. The molecule has 0 amide bonds. The number of aromatic amines is 1. The topological polar surface area (TPSA) is 28.7 Å². The van der Waals surface area contributed by atoms with Gasteiger partial charge in [0.2, 0.25) is 0 Å². The van der Waals surface area contributed by atoms with Crippen molar-refractivity contribution in [2.24, 2.45) is 0 Å². The Morgan fingerprint density at radius 3 is 2.91 bits per heavy atom. The van der Waals surface area contributed by atoms with E-state index < -0.39 is 0 Å². The maximum atomic E-state index is 3.89. The quantitative estimate of drug-likeness (QED) is 0.689. The van der Waals surface area contributed by atoms with Crippen LogP contribution in [-0.2, 0) is 0 Å². The Morgan fingerprint density at radius 2 is 2.36 bits per heavy atom. The number of hydrogen-bond acceptors (Lipinski definition) is 2. The van der Waals surface area contributed by atoms with E-state index in [0.717, 1.165) is 0 Å². The second kappa shape index (κ2) is 2.51. The summed E-state index contributed by atoms with van der Waals surface area (Å²) in [5.41, 5.74) is 1.17. The highest BCUT2D eigenvalue weighted by Crippen LogP contribution is 2.26. The monoisotopic (exact) mass is 164 g/mol. The van der Waals surface area contributed by atoms with Crippen LogP contribution in [-0.4, -0.2) is 10.2 Å². The fourth-order valence-electron chi connectivity index (χ4n) is 0.975. The minimum Gasteiger partial charge on any atom is -0.285 e. The number of aromatic nitrogens is 2. The Hall–Kier alpha value is -1.09. The third kappa shape index (κ3) is 1.19. The summed E-state index contributed by atoms with van der Waals surface area (Å²) < 4.78 is 0. The standard InChI is InChI=1S/C8H8N2S/c1-6-2-3-8(11-6)7-4-9-10-5-7/h2-5H,1H3,(H,9,10). The zero-order valence-corrected chi connectivity index (χ0v) is 6.98. The molecular weight excluding hydrogens is 156 g/mol. The van der Waals surface area contributed by atoms with Crippen LogP contribution in [0.5, 0.6) is 0 Å². The average Bonchev–Trinajstić information content (AvgIpc) is 2.55. The molecule has 0 saturated carbocycles. The summed E-state index contributed by atoms with van der Waals surface area (Å²) in [6.45, 7) is 2.11. The Kier molecular flexibility index (Phi) is 1.51. The van der Waals surface area contributed by atoms with E-state index in [9.17, 15) is 0 Å². The molecule has 0 aliphatic carbocycles. The molecule has 3 heteroatoms. The summed E-state index contributed by atoms with van der Waals surface area (Å²) in [4.78, 5) is 2.61. The molecule has 56 valence electrons. The molecule has 0 aliphatic rings. The summed E-state index contributed by atoms with van der Waals surface area (Å²) >= 11 is 1.79. The van der Waals surface area contributed by atoms with Crippen molar-refractivity contribution in [1.29, 1.82) is 0 Å². The molecule has 0 aliphatic heterocycles. The molecule has 1 N–H and O–H groups in total. The van der Waals surface area contributed by atoms with Crippen molar-refractivity contribution in [3.05, 3.63) is 29.4 Å². The van der Waals surface area contributed by atoms with Gasteiger partial charge in [0.25, 0.3) is 0 Å². The highest BCUT2D eigenvalue weighted by Gasteiger charge is 1.99. The molecule has 0 atom stereocenters. The van der Waals surface area contributed by atoms with Crippen LogP contribution in [0.3, 0.4) is 0 Å². The summed E-state index contributed by atoms with van der Waals surface area (Å²) in [7, 11) is 0. The molecule has 0 bridgehead atoms. The first-order valence-electron chi connectivity index (χ1n) is 3.42. The minimum atomic E-state index is 1.17. The largest absolute Gasteiger partial charge is 0.285 e. The number of aryl methyl sites for hydroxylation is 1. The molecule has 2 rings (SSSR count). The van der Waals surface area contributed by atoms with Gasteiger partial charge in [-0.05, 0) is 19.1 Å². The van der Waals surface area contributed by atoms with Crippen LogP contribution in [0.15, 0.2) is 24.5 Å². The molecule has 0 saturated heterocycles. The fourth-order valence-corrected chi connectivity index (χ4v) is 1.82. The Labute approximate surface area is 68.9 Å². The molecule has 0 unspecified atom stereocenters. The van der Waals surface area contributed by atoms with Crippen LogP contribution in [0.25, 0.3) is 10.4 Å². The first kappa shape index (κ1) is 6.61. The highest BCUT2D eigenvalue weighted by molar-refractivity contribution is 7.15. The fraction of sp³-hybridized carbons (Fsp3) is 0.125. The first-order valence-corrected chi connectivity index (χ1v) is 4.23. The molecular formula is C8H8N2S. The molecule has 2 aromatic rings. The predicted molar refractivity (Wildman–Crippen MR) is 46.6 cm³/mol. The zero-order valence-electron chi connectivity index (χ0n) is 6.16. The third-order valence-electron chi connectivity index (χ3n) is 1.52. The van der Waals surface area contributed by atoms with Crippen LogP contribution in [0.2, 0.25) is 0 Å². The molecule has 2 heterocycles. The summed E-state index contributed by atoms with van der Waals surface area (Å²) in [5.74, 6) is 0. The van der Waals surface area contributed by atoms with Crippen molar-refractivity contribution in [2.75, 3.05) is 0 Å². The Morgan fingerprint density at radius 1 is 1.45 bits per heavy atom. The van der Waals surface area contributed by atoms with Crippen molar-refractivity contribution >= 4 is 11.3 Å². The van der Waals surface area contributed by atoms with E-state index in [1.807, 2.05) is 12.4 Å². The van der Waals surface area contributed by atoms with Gasteiger partial charge < -0.3 is 0 Å². The van der Waals surface area contributed by atoms with Crippen LogP contribution >= 0.6 is 11.3 Å². The lowest BCUT2D eigenvalue weighted by Crippen LogP contribution is -1.59. The van der Waals surface area contributed by atoms with E-state index in [4.69, 9.17) is 0 Å². The van der Waals surface area contributed by atoms with Crippen molar-refractivity contribution in [3.63, 3.8) is 0 Å². The molecule has 0 fully saturated rings. The third-order valence-corrected chi connectivity index (χ3v) is 2.57. The van der Waals surface area contributed by atoms with Gasteiger partial charge in [0.05, 0.1) is 6.20 Å². The average molecular weight is 164 g/mol. The maximum absolute atomic E-state index is 3.89. The smallest absolute Gasteiger partial charge is 0.0573 e. The number of nitrogens with zero attached hydrogens (tertiary/aromatic N) is 1. The summed E-state index contributed by atoms with van der Waals surface area (Å²) in [6.07, 6.45) is 3.75. The van der Waals surface area contributed by atoms with Crippen molar-refractivity contribution < 1.29 is 0 Å². The predicted octanol–water partition coefficient (Wildman–Crippen LogP) is 2.45. The van der Waals surface area contributed by atoms with Crippen LogP contribution in [0, 0.1) is 6.92 Å². The van der Waals surface area contributed by atoms with E-state index in [-0.39, 0.29) is 0 Å². The molecule has 0 aromatic carbocycles. The Balaban J connectivity index is 2.45. The van der Waals surface area contributed by atoms with Crippen molar-refractivity contribution in [3.8, 4) is 10.4 Å². The van der Waals surface area contributed by atoms with Gasteiger partial charge in [0.1, 0.15) is 0 Å². The first-order chi connectivity index (χ1) is 5.36. The Bertz CT molecular complexity index is 335. The van der Waals surface area contributed by atoms with Gasteiger partial charge in [-0.15, -0.1) is 11.3 Å². The van der Waals surface area contributed by atoms with Crippen LogP contribution in [0.1, 0.15) is 4.88 Å². The van der Waals surface area contributed by atoms with E-state index in [2.05, 4.69) is 29.3 Å². The van der Waals surface area contributed by atoms with Crippen molar-refractivity contribution in [1.82, 2.24) is 10.2 Å². The van der Waals surface area contributed by atoms with Gasteiger partial charge in [-0.1, -0.05) is 0 Å². The van der Waals surface area contributed by atoms with Gasteiger partial charge in [0.15, 0.2) is 0 Å². The minimum absolute atomic E-state index is 1.17. The summed E-state index contributed by atoms with van der Waals surface area (Å²) in [6, 6.07) is 4.23. The number of nitrogens with one attached hydrogen (secondary N) is 1. The van der Waals surface area contributed by atoms with Crippen molar-refractivity contribution in [2.45, 2.75) is 6.92 Å². The second-order valence-electron chi connectivity index (χ2n) is 2.40. The lowest BCUT2D eigenvalue weighted by molar-refractivity contribution is 1.09.